The van der Waals surface area contributed by atoms with Crippen molar-refractivity contribution in [2.45, 2.75) is 37.4 Å². The van der Waals surface area contributed by atoms with E-state index in [0.717, 1.165) is 0 Å². The molecule has 1 fully saturated rings. The van der Waals surface area contributed by atoms with Crippen LogP contribution >= 0.6 is 0 Å². The van der Waals surface area contributed by atoms with E-state index >= 15 is 0 Å². The third kappa shape index (κ3) is 3.93. The van der Waals surface area contributed by atoms with Crippen LogP contribution in [0.1, 0.15) is 30.6 Å². The van der Waals surface area contributed by atoms with E-state index in [1.165, 1.54) is 17.0 Å². The van der Waals surface area contributed by atoms with Gasteiger partial charge in [0.05, 0.1) is 28.9 Å². The molecular weight excluding hydrogens is 334 g/mol. The maximum atomic E-state index is 12.8. The number of hydrogen-bond acceptors (Lipinski definition) is 5. The zero-order chi connectivity index (χ0) is 17.9. The summed E-state index contributed by atoms with van der Waals surface area (Å²) in [5.41, 5.74) is 0.0733. The number of hydrogen-bond donors (Lipinski definition) is 1. The van der Waals surface area contributed by atoms with Crippen LogP contribution in [-0.4, -0.2) is 61.4 Å². The van der Waals surface area contributed by atoms with Crippen molar-refractivity contribution in [2.75, 3.05) is 18.8 Å². The lowest BCUT2D eigenvalue weighted by Gasteiger charge is -2.35. The van der Waals surface area contributed by atoms with E-state index in [2.05, 4.69) is 0 Å². The first kappa shape index (κ1) is 18.4. The van der Waals surface area contributed by atoms with E-state index in [1.807, 2.05) is 0 Å². The Morgan fingerprint density at radius 2 is 1.96 bits per heavy atom. The lowest BCUT2D eigenvalue weighted by molar-refractivity contribution is -0.160. The van der Waals surface area contributed by atoms with Crippen LogP contribution < -0.4 is 0 Å². The molecule has 1 heterocycles. The molecule has 0 spiro atoms. The van der Waals surface area contributed by atoms with Crippen molar-refractivity contribution in [1.29, 1.82) is 0 Å². The van der Waals surface area contributed by atoms with Crippen molar-refractivity contribution in [1.82, 2.24) is 4.90 Å². The van der Waals surface area contributed by atoms with Crippen LogP contribution in [0, 0.1) is 0 Å². The number of carboxylic acid groups (broad SMARTS) is 1. The van der Waals surface area contributed by atoms with Crippen LogP contribution in [0.3, 0.4) is 0 Å². The first-order valence-electron chi connectivity index (χ1n) is 7.75. The Hall–Kier alpha value is -1.93. The van der Waals surface area contributed by atoms with Crippen LogP contribution in [0.25, 0.3) is 0 Å². The number of benzene rings is 1. The molecule has 0 radical (unpaired) electrons. The monoisotopic (exact) mass is 355 g/mol. The van der Waals surface area contributed by atoms with Gasteiger partial charge in [-0.3, -0.25) is 4.79 Å². The molecule has 0 aromatic heterocycles. The maximum absolute atomic E-state index is 12.8. The summed E-state index contributed by atoms with van der Waals surface area (Å²) in [6.07, 6.45) is -1.11. The number of morpholine rings is 1. The molecule has 1 N–H and O–H groups in total. The van der Waals surface area contributed by atoms with Crippen LogP contribution in [0.15, 0.2) is 29.2 Å². The minimum atomic E-state index is -3.56. The van der Waals surface area contributed by atoms with E-state index < -0.39 is 33.9 Å². The van der Waals surface area contributed by atoms with Crippen molar-refractivity contribution < 1.29 is 27.9 Å². The fraction of sp³-hybridized carbons (Fsp3) is 0.500. The largest absolute Gasteiger partial charge is 0.479 e. The second-order valence-electron chi connectivity index (χ2n) is 5.80. The average molecular weight is 355 g/mol. The highest BCUT2D eigenvalue weighted by Crippen LogP contribution is 2.22. The molecule has 24 heavy (non-hydrogen) atoms. The average Bonchev–Trinajstić information content (AvgIpc) is 2.53. The van der Waals surface area contributed by atoms with Crippen LogP contribution in [0.4, 0.5) is 0 Å². The zero-order valence-electron chi connectivity index (χ0n) is 13.6. The molecule has 1 amide bonds. The normalized spacial score (nSPS) is 21.5. The van der Waals surface area contributed by atoms with Gasteiger partial charge in [-0.25, -0.2) is 13.2 Å². The summed E-state index contributed by atoms with van der Waals surface area (Å²) < 4.78 is 30.1. The molecule has 0 saturated carbocycles. The molecule has 1 saturated heterocycles. The number of sulfone groups is 1. The molecular formula is C16H21NO6S. The molecule has 0 bridgehead atoms. The van der Waals surface area contributed by atoms with Gasteiger partial charge in [-0.05, 0) is 25.5 Å². The molecule has 0 aliphatic carbocycles. The van der Waals surface area contributed by atoms with Gasteiger partial charge in [-0.15, -0.1) is 0 Å². The van der Waals surface area contributed by atoms with Gasteiger partial charge >= 0.3 is 5.97 Å². The number of ether oxygens (including phenoxy) is 1. The Morgan fingerprint density at radius 3 is 2.58 bits per heavy atom. The molecule has 1 aromatic carbocycles. The third-order valence-electron chi connectivity index (χ3n) is 3.75. The minimum absolute atomic E-state index is 0.0112. The highest BCUT2D eigenvalue weighted by atomic mass is 32.2. The second kappa shape index (κ2) is 7.31. The van der Waals surface area contributed by atoms with Crippen molar-refractivity contribution >= 4 is 21.7 Å². The van der Waals surface area contributed by atoms with Gasteiger partial charge in [0.15, 0.2) is 15.9 Å². The van der Waals surface area contributed by atoms with Crippen molar-refractivity contribution in [3.8, 4) is 0 Å². The van der Waals surface area contributed by atoms with Gasteiger partial charge in [0.1, 0.15) is 0 Å². The number of nitrogens with zero attached hydrogens (tertiary/aromatic N) is 1. The third-order valence-corrected chi connectivity index (χ3v) is 5.72. The van der Waals surface area contributed by atoms with Crippen molar-refractivity contribution in [2.24, 2.45) is 0 Å². The molecule has 132 valence electrons. The summed E-state index contributed by atoms with van der Waals surface area (Å²) in [6.45, 7) is 3.53. The Morgan fingerprint density at radius 1 is 1.29 bits per heavy atom. The van der Waals surface area contributed by atoms with E-state index in [4.69, 9.17) is 9.84 Å². The predicted octanol–water partition coefficient (Wildman–Crippen LogP) is 1.18. The molecule has 7 nitrogen and oxygen atoms in total. The summed E-state index contributed by atoms with van der Waals surface area (Å²) in [5.74, 6) is -1.69. The van der Waals surface area contributed by atoms with Crippen molar-refractivity contribution in [3.63, 3.8) is 0 Å². The van der Waals surface area contributed by atoms with Gasteiger partial charge < -0.3 is 14.7 Å². The number of carbonyl (C=O) groups excluding carboxylic acids is 1. The summed E-state index contributed by atoms with van der Waals surface area (Å²) in [5, 5.41) is 9.12. The number of aliphatic carboxylic acids is 1. The highest BCUT2D eigenvalue weighted by molar-refractivity contribution is 7.91. The van der Waals surface area contributed by atoms with Gasteiger partial charge in [0.2, 0.25) is 0 Å². The van der Waals surface area contributed by atoms with Gasteiger partial charge in [0.25, 0.3) is 5.91 Å². The van der Waals surface area contributed by atoms with Crippen LogP contribution in [0.2, 0.25) is 0 Å². The van der Waals surface area contributed by atoms with Gasteiger partial charge in [-0.1, -0.05) is 19.1 Å². The number of amides is 1. The Bertz CT molecular complexity index is 730. The van der Waals surface area contributed by atoms with Gasteiger partial charge in [0, 0.05) is 6.54 Å². The first-order valence-corrected chi connectivity index (χ1v) is 9.40. The zero-order valence-corrected chi connectivity index (χ0v) is 14.5. The summed E-state index contributed by atoms with van der Waals surface area (Å²) in [6, 6.07) is 6.04. The summed E-state index contributed by atoms with van der Waals surface area (Å²) in [7, 11) is -3.56. The Balaban J connectivity index is 2.35. The van der Waals surface area contributed by atoms with Crippen molar-refractivity contribution in [3.05, 3.63) is 29.8 Å². The lowest BCUT2D eigenvalue weighted by Crippen LogP contribution is -2.52. The Labute approximate surface area is 141 Å². The SMILES string of the molecule is CCCS(=O)(=O)c1ccccc1C(=O)N1CC(C(=O)O)O[C@H](C)C1. The number of rotatable bonds is 5. The van der Waals surface area contributed by atoms with Crippen LogP contribution in [0.5, 0.6) is 0 Å². The van der Waals surface area contributed by atoms with E-state index in [0.29, 0.717) is 6.42 Å². The number of carboxylic acids is 1. The van der Waals surface area contributed by atoms with Crippen LogP contribution in [-0.2, 0) is 19.4 Å². The molecule has 2 atom stereocenters. The predicted molar refractivity (Wildman–Crippen MR) is 86.7 cm³/mol. The second-order valence-corrected chi connectivity index (χ2v) is 7.88. The van der Waals surface area contributed by atoms with Gasteiger partial charge in [-0.2, -0.15) is 0 Å². The first-order chi connectivity index (χ1) is 11.3. The topological polar surface area (TPSA) is 101 Å². The van der Waals surface area contributed by atoms with E-state index in [9.17, 15) is 18.0 Å². The molecule has 1 aliphatic heterocycles. The smallest absolute Gasteiger partial charge is 0.334 e. The minimum Gasteiger partial charge on any atom is -0.479 e. The maximum Gasteiger partial charge on any atom is 0.334 e. The molecule has 1 aromatic rings. The van der Waals surface area contributed by atoms with E-state index in [-0.39, 0.29) is 29.3 Å². The Kier molecular flexibility index (Phi) is 5.61. The van der Waals surface area contributed by atoms with E-state index in [1.54, 1.807) is 26.0 Å². The summed E-state index contributed by atoms with van der Waals surface area (Å²) >= 11 is 0. The molecule has 2 rings (SSSR count). The fourth-order valence-electron chi connectivity index (χ4n) is 2.72. The molecule has 8 heteroatoms. The molecule has 1 unspecified atom stereocenters. The lowest BCUT2D eigenvalue weighted by atomic mass is 10.1. The fourth-order valence-corrected chi connectivity index (χ4v) is 4.25. The standard InChI is InChI=1S/C16H21NO6S/c1-3-8-24(21,22)14-7-5-4-6-12(14)15(18)17-9-11(2)23-13(10-17)16(19)20/h4-7,11,13H,3,8-10H2,1-2H3,(H,19,20)/t11-,13?/m1/s1. The highest BCUT2D eigenvalue weighted by Gasteiger charge is 2.34. The quantitative estimate of drug-likeness (QED) is 0.851. The summed E-state index contributed by atoms with van der Waals surface area (Å²) in [4.78, 5) is 25.3. The molecule has 1 aliphatic rings. The number of carbonyl (C=O) groups is 2.